The van der Waals surface area contributed by atoms with Crippen LogP contribution >= 0.6 is 11.6 Å². The SMILES string of the molecule is Cc1cc(F)c(CCl)cc1O. The molecule has 0 radical (unpaired) electrons. The highest BCUT2D eigenvalue weighted by Crippen LogP contribution is 2.21. The summed E-state index contributed by atoms with van der Waals surface area (Å²) < 4.78 is 12.8. The first-order valence-electron chi connectivity index (χ1n) is 3.19. The van der Waals surface area contributed by atoms with E-state index in [-0.39, 0.29) is 17.4 Å². The largest absolute Gasteiger partial charge is 0.508 e. The van der Waals surface area contributed by atoms with Gasteiger partial charge in [0.2, 0.25) is 0 Å². The number of phenolic OH excluding ortho intramolecular Hbond substituents is 1. The van der Waals surface area contributed by atoms with Crippen LogP contribution in [0.5, 0.6) is 5.75 Å². The van der Waals surface area contributed by atoms with E-state index >= 15 is 0 Å². The fraction of sp³-hybridized carbons (Fsp3) is 0.250. The van der Waals surface area contributed by atoms with Gasteiger partial charge >= 0.3 is 0 Å². The minimum atomic E-state index is -0.365. The molecular formula is C8H8ClFO. The van der Waals surface area contributed by atoms with Gasteiger partial charge in [0.25, 0.3) is 0 Å². The van der Waals surface area contributed by atoms with Crippen molar-refractivity contribution >= 4 is 11.6 Å². The van der Waals surface area contributed by atoms with E-state index in [2.05, 4.69) is 0 Å². The van der Waals surface area contributed by atoms with E-state index < -0.39 is 0 Å². The van der Waals surface area contributed by atoms with Crippen LogP contribution in [0.25, 0.3) is 0 Å². The van der Waals surface area contributed by atoms with E-state index in [1.165, 1.54) is 12.1 Å². The van der Waals surface area contributed by atoms with Gasteiger partial charge in [0.05, 0.1) is 5.88 Å². The molecule has 0 aliphatic carbocycles. The third-order valence-electron chi connectivity index (χ3n) is 1.51. The number of hydrogen-bond donors (Lipinski definition) is 1. The van der Waals surface area contributed by atoms with Gasteiger partial charge in [-0.25, -0.2) is 4.39 Å². The average molecular weight is 175 g/mol. The van der Waals surface area contributed by atoms with Crippen LogP contribution in [0.1, 0.15) is 11.1 Å². The lowest BCUT2D eigenvalue weighted by Gasteiger charge is -2.02. The smallest absolute Gasteiger partial charge is 0.128 e. The molecule has 0 amide bonds. The average Bonchev–Trinajstić information content (AvgIpc) is 1.97. The molecule has 11 heavy (non-hydrogen) atoms. The Labute approximate surface area is 69.4 Å². The monoisotopic (exact) mass is 174 g/mol. The minimum absolute atomic E-state index is 0.0830. The Morgan fingerprint density at radius 3 is 2.73 bits per heavy atom. The predicted octanol–water partition coefficient (Wildman–Crippen LogP) is 2.58. The quantitative estimate of drug-likeness (QED) is 0.649. The standard InChI is InChI=1S/C8H8ClFO/c1-5-2-7(10)6(4-9)3-8(5)11/h2-3,11H,4H2,1H3. The van der Waals surface area contributed by atoms with Crippen molar-refractivity contribution in [3.05, 3.63) is 29.1 Å². The van der Waals surface area contributed by atoms with Crippen molar-refractivity contribution in [1.29, 1.82) is 0 Å². The highest BCUT2D eigenvalue weighted by atomic mass is 35.5. The summed E-state index contributed by atoms with van der Waals surface area (Å²) in [5, 5.41) is 9.13. The second-order valence-corrected chi connectivity index (χ2v) is 2.63. The van der Waals surface area contributed by atoms with Crippen molar-refractivity contribution in [2.24, 2.45) is 0 Å². The first-order chi connectivity index (χ1) is 5.15. The molecule has 0 atom stereocenters. The molecule has 3 heteroatoms. The number of rotatable bonds is 1. The van der Waals surface area contributed by atoms with E-state index in [4.69, 9.17) is 16.7 Å². The third kappa shape index (κ3) is 1.63. The minimum Gasteiger partial charge on any atom is -0.508 e. The first-order valence-corrected chi connectivity index (χ1v) is 3.72. The summed E-state index contributed by atoms with van der Waals surface area (Å²) in [5.41, 5.74) is 0.853. The molecule has 1 aromatic carbocycles. The van der Waals surface area contributed by atoms with Gasteiger partial charge in [-0.05, 0) is 24.6 Å². The van der Waals surface area contributed by atoms with Crippen LogP contribution in [0.3, 0.4) is 0 Å². The molecule has 0 saturated heterocycles. The van der Waals surface area contributed by atoms with E-state index in [1.807, 2.05) is 0 Å². The topological polar surface area (TPSA) is 20.2 Å². The molecule has 1 aromatic rings. The molecule has 0 bridgehead atoms. The third-order valence-corrected chi connectivity index (χ3v) is 1.80. The van der Waals surface area contributed by atoms with Gasteiger partial charge in [-0.3, -0.25) is 0 Å². The van der Waals surface area contributed by atoms with Crippen LogP contribution in [0.2, 0.25) is 0 Å². The van der Waals surface area contributed by atoms with Crippen molar-refractivity contribution in [2.75, 3.05) is 0 Å². The molecule has 0 aliphatic heterocycles. The molecule has 0 aliphatic rings. The Hall–Kier alpha value is -0.760. The van der Waals surface area contributed by atoms with Gasteiger partial charge in [0, 0.05) is 5.56 Å². The number of benzene rings is 1. The fourth-order valence-electron chi connectivity index (χ4n) is 0.807. The Balaban J connectivity index is 3.21. The van der Waals surface area contributed by atoms with E-state index in [9.17, 15) is 4.39 Å². The number of aryl methyl sites for hydroxylation is 1. The lowest BCUT2D eigenvalue weighted by molar-refractivity contribution is 0.467. The van der Waals surface area contributed by atoms with Gasteiger partial charge in [-0.1, -0.05) is 0 Å². The highest BCUT2D eigenvalue weighted by Gasteiger charge is 2.04. The molecule has 0 saturated carbocycles. The maximum atomic E-state index is 12.8. The summed E-state index contributed by atoms with van der Waals surface area (Å²) in [4.78, 5) is 0. The molecule has 0 fully saturated rings. The maximum absolute atomic E-state index is 12.8. The Morgan fingerprint density at radius 1 is 1.55 bits per heavy atom. The summed E-state index contributed by atoms with van der Waals surface area (Å²) in [6.07, 6.45) is 0. The zero-order chi connectivity index (χ0) is 8.43. The molecule has 0 aromatic heterocycles. The summed E-state index contributed by atoms with van der Waals surface area (Å²) in [6, 6.07) is 2.62. The molecule has 1 nitrogen and oxygen atoms in total. The molecule has 0 spiro atoms. The summed E-state index contributed by atoms with van der Waals surface area (Å²) in [5.74, 6) is -0.197. The van der Waals surface area contributed by atoms with Gasteiger partial charge in [-0.2, -0.15) is 0 Å². The Bertz CT molecular complexity index is 273. The van der Waals surface area contributed by atoms with Crippen molar-refractivity contribution < 1.29 is 9.50 Å². The Morgan fingerprint density at radius 2 is 2.18 bits per heavy atom. The molecule has 60 valence electrons. The van der Waals surface area contributed by atoms with Crippen LogP contribution in [-0.2, 0) is 5.88 Å². The van der Waals surface area contributed by atoms with E-state index in [0.29, 0.717) is 11.1 Å². The normalized spacial score (nSPS) is 10.1. The van der Waals surface area contributed by atoms with Gasteiger partial charge in [0.1, 0.15) is 11.6 Å². The lowest BCUT2D eigenvalue weighted by atomic mass is 10.1. The van der Waals surface area contributed by atoms with Gasteiger partial charge in [-0.15, -0.1) is 11.6 Å². The van der Waals surface area contributed by atoms with Crippen molar-refractivity contribution in [1.82, 2.24) is 0 Å². The van der Waals surface area contributed by atoms with Crippen molar-refractivity contribution in [3.63, 3.8) is 0 Å². The molecule has 1 rings (SSSR count). The van der Waals surface area contributed by atoms with Crippen molar-refractivity contribution in [2.45, 2.75) is 12.8 Å². The van der Waals surface area contributed by atoms with Crippen LogP contribution in [0, 0.1) is 12.7 Å². The highest BCUT2D eigenvalue weighted by molar-refractivity contribution is 6.17. The molecular weight excluding hydrogens is 167 g/mol. The first kappa shape index (κ1) is 8.34. The van der Waals surface area contributed by atoms with Gasteiger partial charge < -0.3 is 5.11 Å². The predicted molar refractivity (Wildman–Crippen MR) is 42.4 cm³/mol. The number of aromatic hydroxyl groups is 1. The number of phenols is 1. The van der Waals surface area contributed by atoms with Gasteiger partial charge in [0.15, 0.2) is 0 Å². The second kappa shape index (κ2) is 3.09. The van der Waals surface area contributed by atoms with Crippen LogP contribution in [0.4, 0.5) is 4.39 Å². The molecule has 1 N–H and O–H groups in total. The zero-order valence-corrected chi connectivity index (χ0v) is 6.82. The zero-order valence-electron chi connectivity index (χ0n) is 6.06. The number of hydrogen-bond acceptors (Lipinski definition) is 1. The maximum Gasteiger partial charge on any atom is 0.128 e. The molecule has 0 unspecified atom stereocenters. The number of alkyl halides is 1. The summed E-state index contributed by atoms with van der Waals surface area (Å²) in [7, 11) is 0. The number of halogens is 2. The summed E-state index contributed by atoms with van der Waals surface area (Å²) in [6.45, 7) is 1.64. The van der Waals surface area contributed by atoms with E-state index in [1.54, 1.807) is 6.92 Å². The van der Waals surface area contributed by atoms with Crippen LogP contribution < -0.4 is 0 Å². The van der Waals surface area contributed by atoms with Crippen molar-refractivity contribution in [3.8, 4) is 5.75 Å². The second-order valence-electron chi connectivity index (χ2n) is 2.36. The van der Waals surface area contributed by atoms with Crippen LogP contribution in [-0.4, -0.2) is 5.11 Å². The molecule has 0 heterocycles. The summed E-state index contributed by atoms with van der Waals surface area (Å²) >= 11 is 5.41. The lowest BCUT2D eigenvalue weighted by Crippen LogP contribution is -1.87. The fourth-order valence-corrected chi connectivity index (χ4v) is 1.01. The van der Waals surface area contributed by atoms with E-state index in [0.717, 1.165) is 0 Å². The van der Waals surface area contributed by atoms with Crippen LogP contribution in [0.15, 0.2) is 12.1 Å². The Kier molecular flexibility index (Phi) is 2.35.